The highest BCUT2D eigenvalue weighted by Crippen LogP contribution is 2.23. The Morgan fingerprint density at radius 1 is 0.935 bits per heavy atom. The van der Waals surface area contributed by atoms with Crippen molar-refractivity contribution < 1.29 is 59.9 Å². The molecule has 0 bridgehead atoms. The van der Waals surface area contributed by atoms with Crippen LogP contribution in [0.15, 0.2) is 30.3 Å². The molecule has 1 aromatic rings. The number of esters is 1. The first-order valence-corrected chi connectivity index (χ1v) is 9.54. The predicted octanol–water partition coefficient (Wildman–Crippen LogP) is -3.90. The first-order chi connectivity index (χ1) is 14.7. The summed E-state index contributed by atoms with van der Waals surface area (Å²) in [6.07, 6.45) is -15.2. The Bertz CT molecular complexity index is 673. The molecule has 2 rings (SSSR count). The largest absolute Gasteiger partial charge is 0.459 e. The molecule has 0 saturated carbocycles. The second-order valence-electron chi connectivity index (χ2n) is 7.11. The van der Waals surface area contributed by atoms with Crippen molar-refractivity contribution in [3.05, 3.63) is 35.9 Å². The van der Waals surface area contributed by atoms with Crippen molar-refractivity contribution in [3.63, 3.8) is 0 Å². The molecule has 0 aromatic heterocycles. The standard InChI is InChI=1S/C19H28O12/c20-6-10(21)13(23)14(24)11(22)7-30-19-17(27)16(26)15(25)12(31-19)8-29-18(28)9-4-2-1-3-5-9/h1-5,10-17,19-27H,6-8H2/t10-,11-,12-,13-,14-,15-,16+,17-,19-/m1/s1. The highest BCUT2D eigenvalue weighted by Gasteiger charge is 2.45. The highest BCUT2D eigenvalue weighted by molar-refractivity contribution is 5.89. The van der Waals surface area contributed by atoms with Gasteiger partial charge in [-0.3, -0.25) is 0 Å². The lowest BCUT2D eigenvalue weighted by Gasteiger charge is -2.40. The molecular formula is C19H28O12. The summed E-state index contributed by atoms with van der Waals surface area (Å²) in [6, 6.07) is 7.99. The van der Waals surface area contributed by atoms with E-state index in [-0.39, 0.29) is 5.56 Å². The lowest BCUT2D eigenvalue weighted by atomic mass is 9.99. The van der Waals surface area contributed by atoms with E-state index >= 15 is 0 Å². The van der Waals surface area contributed by atoms with Crippen LogP contribution in [-0.4, -0.2) is 122 Å². The third-order valence-corrected chi connectivity index (χ3v) is 4.81. The lowest BCUT2D eigenvalue weighted by Crippen LogP contribution is -2.60. The van der Waals surface area contributed by atoms with Crippen molar-refractivity contribution in [1.82, 2.24) is 0 Å². The maximum Gasteiger partial charge on any atom is 0.338 e. The average molecular weight is 448 g/mol. The van der Waals surface area contributed by atoms with E-state index < -0.39 is 80.9 Å². The first-order valence-electron chi connectivity index (χ1n) is 9.54. The SMILES string of the molecule is O=C(OC[C@H]1O[C@@H](OC[C@@H](O)[C@@H](O)[C@H](O)[C@H](O)CO)[C@H](O)[C@@H](O)[C@@H]1O)c1ccccc1. The molecule has 1 aliphatic rings. The van der Waals surface area contributed by atoms with Crippen LogP contribution < -0.4 is 0 Å². The van der Waals surface area contributed by atoms with Gasteiger partial charge < -0.3 is 55.1 Å². The summed E-state index contributed by atoms with van der Waals surface area (Å²) in [5, 5.41) is 77.5. The third kappa shape index (κ3) is 6.63. The number of aliphatic hydroxyl groups is 8. The van der Waals surface area contributed by atoms with E-state index in [0.717, 1.165) is 0 Å². The summed E-state index contributed by atoms with van der Waals surface area (Å²) in [5.41, 5.74) is 0.252. The van der Waals surface area contributed by atoms with Gasteiger partial charge in [-0.15, -0.1) is 0 Å². The summed E-state index contributed by atoms with van der Waals surface area (Å²) in [7, 11) is 0. The highest BCUT2D eigenvalue weighted by atomic mass is 16.7. The minimum absolute atomic E-state index is 0.252. The molecule has 12 heteroatoms. The molecule has 176 valence electrons. The van der Waals surface area contributed by atoms with Gasteiger partial charge in [-0.05, 0) is 12.1 Å². The quantitative estimate of drug-likeness (QED) is 0.162. The van der Waals surface area contributed by atoms with E-state index in [0.29, 0.717) is 0 Å². The number of ether oxygens (including phenoxy) is 3. The van der Waals surface area contributed by atoms with Crippen molar-refractivity contribution >= 4 is 5.97 Å². The van der Waals surface area contributed by atoms with Gasteiger partial charge in [0.2, 0.25) is 0 Å². The fourth-order valence-corrected chi connectivity index (χ4v) is 2.86. The minimum Gasteiger partial charge on any atom is -0.459 e. The van der Waals surface area contributed by atoms with Gasteiger partial charge in [0.05, 0.1) is 18.8 Å². The van der Waals surface area contributed by atoms with Crippen molar-refractivity contribution in [2.75, 3.05) is 19.8 Å². The average Bonchev–Trinajstić information content (AvgIpc) is 2.79. The van der Waals surface area contributed by atoms with E-state index in [2.05, 4.69) is 0 Å². The van der Waals surface area contributed by atoms with E-state index in [1.807, 2.05) is 0 Å². The van der Waals surface area contributed by atoms with Crippen LogP contribution in [-0.2, 0) is 14.2 Å². The first kappa shape index (κ1) is 25.5. The van der Waals surface area contributed by atoms with E-state index in [1.165, 1.54) is 12.1 Å². The fraction of sp³-hybridized carbons (Fsp3) is 0.632. The molecule has 1 saturated heterocycles. The monoisotopic (exact) mass is 448 g/mol. The predicted molar refractivity (Wildman–Crippen MR) is 100 cm³/mol. The number of carbonyl (C=O) groups excluding carboxylic acids is 1. The lowest BCUT2D eigenvalue weighted by molar-refractivity contribution is -0.306. The summed E-state index contributed by atoms with van der Waals surface area (Å²) in [5.74, 6) is -0.704. The van der Waals surface area contributed by atoms with Gasteiger partial charge in [-0.1, -0.05) is 18.2 Å². The van der Waals surface area contributed by atoms with Crippen molar-refractivity contribution in [3.8, 4) is 0 Å². The molecule has 0 amide bonds. The van der Waals surface area contributed by atoms with Gasteiger partial charge in [-0.25, -0.2) is 4.79 Å². The Morgan fingerprint density at radius 2 is 1.55 bits per heavy atom. The van der Waals surface area contributed by atoms with Gasteiger partial charge in [0.25, 0.3) is 0 Å². The minimum atomic E-state index is -1.90. The molecule has 0 unspecified atom stereocenters. The number of hydrogen-bond donors (Lipinski definition) is 8. The van der Waals surface area contributed by atoms with Gasteiger partial charge in [0.1, 0.15) is 55.4 Å². The molecule has 1 aromatic carbocycles. The Kier molecular flexibility index (Phi) is 9.71. The zero-order valence-electron chi connectivity index (χ0n) is 16.4. The molecule has 0 radical (unpaired) electrons. The van der Waals surface area contributed by atoms with Crippen LogP contribution in [0.25, 0.3) is 0 Å². The molecule has 1 heterocycles. The van der Waals surface area contributed by atoms with Crippen LogP contribution in [0.5, 0.6) is 0 Å². The topological polar surface area (TPSA) is 207 Å². The van der Waals surface area contributed by atoms with Crippen LogP contribution in [0, 0.1) is 0 Å². The zero-order chi connectivity index (χ0) is 23.1. The number of benzene rings is 1. The number of carbonyl (C=O) groups is 1. The molecule has 1 fully saturated rings. The van der Waals surface area contributed by atoms with Gasteiger partial charge >= 0.3 is 5.97 Å². The van der Waals surface area contributed by atoms with E-state index in [9.17, 15) is 40.5 Å². The van der Waals surface area contributed by atoms with Crippen molar-refractivity contribution in [2.45, 2.75) is 55.1 Å². The van der Waals surface area contributed by atoms with Crippen molar-refractivity contribution in [2.24, 2.45) is 0 Å². The smallest absolute Gasteiger partial charge is 0.338 e. The van der Waals surface area contributed by atoms with Gasteiger partial charge in [0, 0.05) is 0 Å². The molecule has 0 aliphatic carbocycles. The maximum absolute atomic E-state index is 12.0. The Balaban J connectivity index is 1.92. The Hall–Kier alpha value is -1.71. The summed E-state index contributed by atoms with van der Waals surface area (Å²) >= 11 is 0. The normalized spacial score (nSPS) is 30.3. The fourth-order valence-electron chi connectivity index (χ4n) is 2.86. The molecule has 31 heavy (non-hydrogen) atoms. The molecule has 12 nitrogen and oxygen atoms in total. The van der Waals surface area contributed by atoms with Gasteiger partial charge in [-0.2, -0.15) is 0 Å². The van der Waals surface area contributed by atoms with Crippen LogP contribution in [0.1, 0.15) is 10.4 Å². The second kappa shape index (κ2) is 11.8. The number of hydrogen-bond acceptors (Lipinski definition) is 12. The summed E-state index contributed by atoms with van der Waals surface area (Å²) in [6.45, 7) is -2.05. The van der Waals surface area contributed by atoms with Crippen LogP contribution in [0.3, 0.4) is 0 Å². The van der Waals surface area contributed by atoms with E-state index in [4.69, 9.17) is 19.3 Å². The summed E-state index contributed by atoms with van der Waals surface area (Å²) < 4.78 is 15.5. The summed E-state index contributed by atoms with van der Waals surface area (Å²) in [4.78, 5) is 12.0. The maximum atomic E-state index is 12.0. The van der Waals surface area contributed by atoms with Crippen molar-refractivity contribution in [1.29, 1.82) is 0 Å². The second-order valence-corrected chi connectivity index (χ2v) is 7.11. The zero-order valence-corrected chi connectivity index (χ0v) is 16.4. The molecular weight excluding hydrogens is 420 g/mol. The molecule has 0 spiro atoms. The van der Waals surface area contributed by atoms with E-state index in [1.54, 1.807) is 18.2 Å². The Morgan fingerprint density at radius 3 is 2.16 bits per heavy atom. The van der Waals surface area contributed by atoms with Crippen LogP contribution in [0.4, 0.5) is 0 Å². The number of rotatable bonds is 10. The van der Waals surface area contributed by atoms with Crippen LogP contribution in [0.2, 0.25) is 0 Å². The molecule has 9 atom stereocenters. The Labute approximate surface area is 177 Å². The number of aliphatic hydroxyl groups excluding tert-OH is 8. The molecule has 1 aliphatic heterocycles. The molecule has 8 N–H and O–H groups in total. The van der Waals surface area contributed by atoms with Gasteiger partial charge in [0.15, 0.2) is 6.29 Å². The third-order valence-electron chi connectivity index (χ3n) is 4.81. The van der Waals surface area contributed by atoms with Crippen LogP contribution >= 0.6 is 0 Å².